The molecule has 2 aromatic rings. The van der Waals surface area contributed by atoms with Gasteiger partial charge < -0.3 is 10.2 Å². The van der Waals surface area contributed by atoms with Crippen LogP contribution in [0.3, 0.4) is 0 Å². The first-order valence-corrected chi connectivity index (χ1v) is 12.9. The number of carbonyl (C=O) groups is 2. The Balaban J connectivity index is 2.07. The van der Waals surface area contributed by atoms with E-state index in [9.17, 15) is 9.59 Å². The van der Waals surface area contributed by atoms with Gasteiger partial charge in [-0.1, -0.05) is 70.7 Å². The van der Waals surface area contributed by atoms with Gasteiger partial charge in [-0.15, -0.1) is 11.8 Å². The highest BCUT2D eigenvalue weighted by Gasteiger charge is 2.26. The van der Waals surface area contributed by atoms with Crippen LogP contribution in [0.15, 0.2) is 46.9 Å². The van der Waals surface area contributed by atoms with Crippen LogP contribution in [0.25, 0.3) is 0 Å². The molecule has 4 nitrogen and oxygen atoms in total. The minimum absolute atomic E-state index is 0.103. The van der Waals surface area contributed by atoms with E-state index >= 15 is 0 Å². The van der Waals surface area contributed by atoms with Crippen LogP contribution in [-0.4, -0.2) is 35.1 Å². The molecule has 2 rings (SSSR count). The smallest absolute Gasteiger partial charge is 0.242 e. The molecule has 0 saturated carbocycles. The van der Waals surface area contributed by atoms with E-state index in [1.807, 2.05) is 24.3 Å². The summed E-state index contributed by atoms with van der Waals surface area (Å²) >= 11 is 17.3. The lowest BCUT2D eigenvalue weighted by Crippen LogP contribution is -2.48. The molecule has 0 aromatic heterocycles. The molecule has 0 aliphatic heterocycles. The van der Waals surface area contributed by atoms with Crippen molar-refractivity contribution in [2.24, 2.45) is 0 Å². The SMILES string of the molecule is CCCCNC(=O)C(C)N(Cc1ccc(Br)cc1)C(=O)CSCc1c(Cl)cccc1Cl. The van der Waals surface area contributed by atoms with Crippen molar-refractivity contribution in [3.8, 4) is 0 Å². The summed E-state index contributed by atoms with van der Waals surface area (Å²) in [5.41, 5.74) is 1.78. The summed E-state index contributed by atoms with van der Waals surface area (Å²) in [6.45, 7) is 4.82. The third-order valence-corrected chi connectivity index (χ3v) is 6.98. The molecule has 0 bridgehead atoms. The van der Waals surface area contributed by atoms with Crippen LogP contribution in [-0.2, 0) is 21.9 Å². The molecule has 0 saturated heterocycles. The van der Waals surface area contributed by atoms with Crippen LogP contribution in [0.1, 0.15) is 37.8 Å². The van der Waals surface area contributed by atoms with Gasteiger partial charge in [0, 0.05) is 33.4 Å². The summed E-state index contributed by atoms with van der Waals surface area (Å²) in [6.07, 6.45) is 1.91. The molecule has 8 heteroatoms. The van der Waals surface area contributed by atoms with Crippen molar-refractivity contribution in [3.63, 3.8) is 0 Å². The number of nitrogens with one attached hydrogen (secondary N) is 1. The van der Waals surface area contributed by atoms with E-state index in [1.54, 1.807) is 30.0 Å². The van der Waals surface area contributed by atoms with E-state index in [4.69, 9.17) is 23.2 Å². The van der Waals surface area contributed by atoms with Crippen LogP contribution in [0.4, 0.5) is 0 Å². The minimum atomic E-state index is -0.572. The molecule has 1 unspecified atom stereocenters. The maximum absolute atomic E-state index is 13.1. The van der Waals surface area contributed by atoms with E-state index in [1.165, 1.54) is 11.8 Å². The molecule has 0 fully saturated rings. The third kappa shape index (κ3) is 8.33. The Morgan fingerprint density at radius 1 is 1.13 bits per heavy atom. The van der Waals surface area contributed by atoms with Crippen molar-refractivity contribution in [1.29, 1.82) is 0 Å². The van der Waals surface area contributed by atoms with Gasteiger partial charge >= 0.3 is 0 Å². The second-order valence-corrected chi connectivity index (χ2v) is 9.88. The molecule has 168 valence electrons. The number of amides is 2. The number of hydrogen-bond donors (Lipinski definition) is 1. The molecular formula is C23H27BrCl2N2O2S. The van der Waals surface area contributed by atoms with Crippen molar-refractivity contribution in [2.75, 3.05) is 12.3 Å². The Kier molecular flexibility index (Phi) is 11.2. The average Bonchev–Trinajstić information content (AvgIpc) is 2.75. The normalized spacial score (nSPS) is 11.8. The van der Waals surface area contributed by atoms with Gasteiger partial charge in [-0.25, -0.2) is 0 Å². The van der Waals surface area contributed by atoms with Crippen molar-refractivity contribution in [3.05, 3.63) is 68.1 Å². The highest BCUT2D eigenvalue weighted by atomic mass is 79.9. The summed E-state index contributed by atoms with van der Waals surface area (Å²) in [6, 6.07) is 12.5. The Labute approximate surface area is 207 Å². The number of benzene rings is 2. The monoisotopic (exact) mass is 544 g/mol. The van der Waals surface area contributed by atoms with Gasteiger partial charge in [0.25, 0.3) is 0 Å². The molecule has 1 N–H and O–H groups in total. The van der Waals surface area contributed by atoms with Gasteiger partial charge in [-0.2, -0.15) is 0 Å². The van der Waals surface area contributed by atoms with Crippen LogP contribution in [0.2, 0.25) is 10.0 Å². The Bertz CT molecular complexity index is 860. The lowest BCUT2D eigenvalue weighted by Gasteiger charge is -2.29. The molecular weight excluding hydrogens is 519 g/mol. The van der Waals surface area contributed by atoms with Crippen LogP contribution in [0.5, 0.6) is 0 Å². The van der Waals surface area contributed by atoms with Crippen LogP contribution < -0.4 is 5.32 Å². The highest BCUT2D eigenvalue weighted by molar-refractivity contribution is 9.10. The topological polar surface area (TPSA) is 49.4 Å². The molecule has 0 spiro atoms. The summed E-state index contributed by atoms with van der Waals surface area (Å²) in [5.74, 6) is 0.505. The first kappa shape index (κ1) is 26.0. The zero-order valence-corrected chi connectivity index (χ0v) is 21.6. The first-order chi connectivity index (χ1) is 14.8. The summed E-state index contributed by atoms with van der Waals surface area (Å²) in [4.78, 5) is 27.4. The van der Waals surface area contributed by atoms with Crippen molar-refractivity contribution in [2.45, 2.75) is 45.0 Å². The quantitative estimate of drug-likeness (QED) is 0.336. The number of unbranched alkanes of at least 4 members (excludes halogenated alkanes) is 1. The van der Waals surface area contributed by atoms with Gasteiger partial charge in [0.15, 0.2) is 0 Å². The van der Waals surface area contributed by atoms with Gasteiger partial charge in [0.05, 0.1) is 5.75 Å². The number of hydrogen-bond acceptors (Lipinski definition) is 3. The fourth-order valence-corrected chi connectivity index (χ4v) is 4.81. The molecule has 2 aromatic carbocycles. The summed E-state index contributed by atoms with van der Waals surface area (Å²) in [7, 11) is 0. The predicted octanol–water partition coefficient (Wildman–Crippen LogP) is 6.32. The van der Waals surface area contributed by atoms with Gasteiger partial charge in [-0.3, -0.25) is 9.59 Å². The van der Waals surface area contributed by atoms with E-state index in [-0.39, 0.29) is 17.6 Å². The lowest BCUT2D eigenvalue weighted by molar-refractivity contribution is -0.138. The Morgan fingerprint density at radius 2 is 1.77 bits per heavy atom. The maximum Gasteiger partial charge on any atom is 0.242 e. The second-order valence-electron chi connectivity index (χ2n) is 7.16. The predicted molar refractivity (Wildman–Crippen MR) is 135 cm³/mol. The standard InChI is InChI=1S/C23H27BrCl2N2O2S/c1-3-4-12-27-23(30)16(2)28(13-17-8-10-18(24)11-9-17)22(29)15-31-14-19-20(25)6-5-7-21(19)26/h5-11,16H,3-4,12-15H2,1-2H3,(H,27,30). The fourth-order valence-electron chi connectivity index (χ4n) is 2.90. The van der Waals surface area contributed by atoms with Gasteiger partial charge in [-0.05, 0) is 48.7 Å². The zero-order valence-electron chi connectivity index (χ0n) is 17.7. The van der Waals surface area contributed by atoms with E-state index in [0.29, 0.717) is 28.9 Å². The van der Waals surface area contributed by atoms with Crippen LogP contribution >= 0.6 is 50.9 Å². The number of thioether (sulfide) groups is 1. The second kappa shape index (κ2) is 13.4. The molecule has 0 radical (unpaired) electrons. The summed E-state index contributed by atoms with van der Waals surface area (Å²) < 4.78 is 0.964. The van der Waals surface area contributed by atoms with Gasteiger partial charge in [0.2, 0.25) is 11.8 Å². The van der Waals surface area contributed by atoms with Crippen molar-refractivity contribution < 1.29 is 9.59 Å². The van der Waals surface area contributed by atoms with Crippen molar-refractivity contribution >= 4 is 62.7 Å². The van der Waals surface area contributed by atoms with Crippen molar-refractivity contribution in [1.82, 2.24) is 10.2 Å². The molecule has 1 atom stereocenters. The number of halogens is 3. The molecule has 0 aliphatic rings. The molecule has 0 heterocycles. The van der Waals surface area contributed by atoms with E-state index in [0.717, 1.165) is 28.4 Å². The average molecular weight is 546 g/mol. The number of rotatable bonds is 11. The van der Waals surface area contributed by atoms with E-state index < -0.39 is 6.04 Å². The first-order valence-electron chi connectivity index (χ1n) is 10.2. The Hall–Kier alpha value is -1.21. The Morgan fingerprint density at radius 3 is 2.39 bits per heavy atom. The lowest BCUT2D eigenvalue weighted by atomic mass is 10.1. The van der Waals surface area contributed by atoms with Crippen LogP contribution in [0, 0.1) is 0 Å². The number of carbonyl (C=O) groups excluding carboxylic acids is 2. The highest BCUT2D eigenvalue weighted by Crippen LogP contribution is 2.28. The fraction of sp³-hybridized carbons (Fsp3) is 0.391. The largest absolute Gasteiger partial charge is 0.354 e. The maximum atomic E-state index is 13.1. The minimum Gasteiger partial charge on any atom is -0.354 e. The molecule has 2 amide bonds. The van der Waals surface area contributed by atoms with Gasteiger partial charge in [0.1, 0.15) is 6.04 Å². The third-order valence-electron chi connectivity index (χ3n) is 4.80. The number of nitrogens with zero attached hydrogens (tertiary/aromatic N) is 1. The zero-order chi connectivity index (χ0) is 22.8. The molecule has 31 heavy (non-hydrogen) atoms. The van der Waals surface area contributed by atoms with E-state index in [2.05, 4.69) is 28.2 Å². The molecule has 0 aliphatic carbocycles. The summed E-state index contributed by atoms with van der Waals surface area (Å²) in [5, 5.41) is 4.10.